The van der Waals surface area contributed by atoms with Crippen LogP contribution in [0.15, 0.2) is 34.9 Å². The maximum absolute atomic E-state index is 11.0. The second-order valence-electron chi connectivity index (χ2n) is 5.48. The monoisotopic (exact) mass is 312 g/mol. The van der Waals surface area contributed by atoms with E-state index in [1.165, 1.54) is 5.56 Å². The average Bonchev–Trinajstić information content (AvgIpc) is 3.05. The molecule has 0 fully saturated rings. The van der Waals surface area contributed by atoms with E-state index in [-0.39, 0.29) is 5.69 Å². The molecule has 0 aliphatic carbocycles. The Labute approximate surface area is 132 Å². The summed E-state index contributed by atoms with van der Waals surface area (Å²) in [6.45, 7) is 5.63. The van der Waals surface area contributed by atoms with Crippen molar-refractivity contribution < 1.29 is 9.45 Å². The maximum atomic E-state index is 11.0. The topological polar surface area (TPSA) is 87.0 Å². The van der Waals surface area contributed by atoms with Crippen LogP contribution in [0.4, 0.5) is 5.69 Å². The number of nitro groups is 1. The van der Waals surface area contributed by atoms with Crippen molar-refractivity contribution >= 4 is 5.69 Å². The first-order valence-electron chi connectivity index (χ1n) is 7.16. The van der Waals surface area contributed by atoms with Crippen molar-refractivity contribution in [2.75, 3.05) is 0 Å². The highest BCUT2D eigenvalue weighted by atomic mass is 16.6. The zero-order chi connectivity index (χ0) is 16.6. The highest BCUT2D eigenvalue weighted by Crippen LogP contribution is 2.24. The molecule has 7 nitrogen and oxygen atoms in total. The van der Waals surface area contributed by atoms with Gasteiger partial charge in [0, 0.05) is 11.6 Å². The Morgan fingerprint density at radius 3 is 2.52 bits per heavy atom. The number of aromatic nitrogens is 3. The minimum absolute atomic E-state index is 0.0447. The van der Waals surface area contributed by atoms with Crippen LogP contribution in [-0.4, -0.2) is 19.9 Å². The van der Waals surface area contributed by atoms with Gasteiger partial charge in [-0.1, -0.05) is 35.0 Å². The van der Waals surface area contributed by atoms with Crippen molar-refractivity contribution in [3.8, 4) is 11.3 Å². The van der Waals surface area contributed by atoms with E-state index in [2.05, 4.69) is 10.3 Å². The Bertz CT molecular complexity index is 862. The van der Waals surface area contributed by atoms with Crippen LogP contribution < -0.4 is 0 Å². The summed E-state index contributed by atoms with van der Waals surface area (Å²) in [6, 6.07) is 9.80. The number of benzene rings is 1. The van der Waals surface area contributed by atoms with Gasteiger partial charge in [0.15, 0.2) is 5.76 Å². The summed E-state index contributed by atoms with van der Waals surface area (Å²) >= 11 is 0. The van der Waals surface area contributed by atoms with Gasteiger partial charge in [-0.05, 0) is 20.8 Å². The first kappa shape index (κ1) is 15.0. The lowest BCUT2D eigenvalue weighted by Crippen LogP contribution is -2.03. The van der Waals surface area contributed by atoms with E-state index in [4.69, 9.17) is 4.52 Å². The lowest BCUT2D eigenvalue weighted by Gasteiger charge is -1.99. The van der Waals surface area contributed by atoms with Gasteiger partial charge in [-0.15, -0.1) is 0 Å². The molecule has 0 N–H and O–H groups in total. The Morgan fingerprint density at radius 1 is 1.22 bits per heavy atom. The maximum Gasteiger partial charge on any atom is 0.312 e. The molecule has 0 bridgehead atoms. The van der Waals surface area contributed by atoms with Gasteiger partial charge in [0.25, 0.3) is 0 Å². The van der Waals surface area contributed by atoms with E-state index in [0.29, 0.717) is 23.7 Å². The molecular weight excluding hydrogens is 296 g/mol. The van der Waals surface area contributed by atoms with Gasteiger partial charge in [0.2, 0.25) is 0 Å². The zero-order valence-corrected chi connectivity index (χ0v) is 13.1. The summed E-state index contributed by atoms with van der Waals surface area (Å²) in [5.41, 5.74) is 3.81. The van der Waals surface area contributed by atoms with Crippen LogP contribution in [-0.2, 0) is 6.54 Å². The van der Waals surface area contributed by atoms with Crippen LogP contribution in [0.2, 0.25) is 0 Å². The van der Waals surface area contributed by atoms with Crippen LogP contribution >= 0.6 is 0 Å². The van der Waals surface area contributed by atoms with E-state index in [1.807, 2.05) is 37.3 Å². The molecule has 3 rings (SSSR count). The third kappa shape index (κ3) is 2.85. The summed E-state index contributed by atoms with van der Waals surface area (Å²) in [5.74, 6) is 0.598. The van der Waals surface area contributed by atoms with Crippen LogP contribution in [0.5, 0.6) is 0 Å². The van der Waals surface area contributed by atoms with Crippen molar-refractivity contribution in [1.29, 1.82) is 0 Å². The van der Waals surface area contributed by atoms with E-state index in [9.17, 15) is 10.1 Å². The molecule has 0 spiro atoms. The predicted octanol–water partition coefficient (Wildman–Crippen LogP) is 3.42. The Hall–Kier alpha value is -2.96. The first-order chi connectivity index (χ1) is 11.0. The van der Waals surface area contributed by atoms with E-state index in [1.54, 1.807) is 18.5 Å². The molecule has 0 amide bonds. The summed E-state index contributed by atoms with van der Waals surface area (Å²) in [5, 5.41) is 19.3. The molecule has 1 aromatic carbocycles. The quantitative estimate of drug-likeness (QED) is 0.544. The molecule has 0 saturated carbocycles. The molecule has 3 aromatic rings. The van der Waals surface area contributed by atoms with Crippen LogP contribution in [0.25, 0.3) is 11.3 Å². The molecule has 118 valence electrons. The second-order valence-corrected chi connectivity index (χ2v) is 5.48. The first-order valence-corrected chi connectivity index (χ1v) is 7.16. The van der Waals surface area contributed by atoms with Gasteiger partial charge in [0.1, 0.15) is 23.6 Å². The zero-order valence-electron chi connectivity index (χ0n) is 13.1. The molecule has 0 aliphatic rings. The summed E-state index contributed by atoms with van der Waals surface area (Å²) < 4.78 is 6.90. The molecule has 0 saturated heterocycles. The predicted molar refractivity (Wildman–Crippen MR) is 84.1 cm³/mol. The molecule has 0 unspecified atom stereocenters. The molecular formula is C16H16N4O3. The van der Waals surface area contributed by atoms with E-state index in [0.717, 1.165) is 11.3 Å². The van der Waals surface area contributed by atoms with Gasteiger partial charge in [-0.2, -0.15) is 5.10 Å². The highest BCUT2D eigenvalue weighted by Gasteiger charge is 2.22. The number of hydrogen-bond acceptors (Lipinski definition) is 5. The number of hydrogen-bond donors (Lipinski definition) is 0. The third-order valence-corrected chi connectivity index (χ3v) is 3.74. The minimum atomic E-state index is -0.410. The average molecular weight is 312 g/mol. The number of rotatable bonds is 4. The van der Waals surface area contributed by atoms with Crippen LogP contribution in [0, 0.1) is 30.9 Å². The fourth-order valence-electron chi connectivity index (χ4n) is 2.50. The van der Waals surface area contributed by atoms with Crippen molar-refractivity contribution in [2.45, 2.75) is 27.3 Å². The van der Waals surface area contributed by atoms with Gasteiger partial charge >= 0.3 is 5.69 Å². The van der Waals surface area contributed by atoms with Crippen molar-refractivity contribution in [3.05, 3.63) is 63.2 Å². The standard InChI is InChI=1S/C16H16N4O3/c1-10-4-6-13(7-5-10)15-8-14(23-18-15)9-19-12(3)16(20(21)22)11(2)17-19/h4-8H,9H2,1-3H3. The Kier molecular flexibility index (Phi) is 3.69. The van der Waals surface area contributed by atoms with Gasteiger partial charge < -0.3 is 4.52 Å². The molecule has 2 aromatic heterocycles. The summed E-state index contributed by atoms with van der Waals surface area (Å²) in [6.07, 6.45) is 0. The lowest BCUT2D eigenvalue weighted by atomic mass is 10.1. The Morgan fingerprint density at radius 2 is 1.91 bits per heavy atom. The van der Waals surface area contributed by atoms with Crippen molar-refractivity contribution in [2.24, 2.45) is 0 Å². The lowest BCUT2D eigenvalue weighted by molar-refractivity contribution is -0.386. The smallest absolute Gasteiger partial charge is 0.312 e. The SMILES string of the molecule is Cc1ccc(-c2cc(Cn3nc(C)c([N+](=O)[O-])c3C)on2)cc1. The summed E-state index contributed by atoms with van der Waals surface area (Å²) in [7, 11) is 0. The normalized spacial score (nSPS) is 10.9. The van der Waals surface area contributed by atoms with Gasteiger partial charge in [-0.25, -0.2) is 0 Å². The van der Waals surface area contributed by atoms with Crippen molar-refractivity contribution in [1.82, 2.24) is 14.9 Å². The number of nitrogens with zero attached hydrogens (tertiary/aromatic N) is 4. The molecule has 0 aliphatic heterocycles. The van der Waals surface area contributed by atoms with Gasteiger partial charge in [-0.3, -0.25) is 14.8 Å². The molecule has 2 heterocycles. The Balaban J connectivity index is 1.86. The number of aryl methyl sites for hydroxylation is 2. The van der Waals surface area contributed by atoms with E-state index >= 15 is 0 Å². The fourth-order valence-corrected chi connectivity index (χ4v) is 2.50. The molecule has 7 heteroatoms. The molecule has 0 atom stereocenters. The van der Waals surface area contributed by atoms with Gasteiger partial charge in [0.05, 0.1) is 4.92 Å². The fraction of sp³-hybridized carbons (Fsp3) is 0.250. The second kappa shape index (κ2) is 5.68. The van der Waals surface area contributed by atoms with Crippen LogP contribution in [0.1, 0.15) is 22.7 Å². The molecule has 0 radical (unpaired) electrons. The third-order valence-electron chi connectivity index (χ3n) is 3.74. The minimum Gasteiger partial charge on any atom is -0.359 e. The van der Waals surface area contributed by atoms with Crippen LogP contribution in [0.3, 0.4) is 0 Å². The summed E-state index contributed by atoms with van der Waals surface area (Å²) in [4.78, 5) is 10.6. The van der Waals surface area contributed by atoms with E-state index < -0.39 is 4.92 Å². The largest absolute Gasteiger partial charge is 0.359 e. The molecule has 23 heavy (non-hydrogen) atoms. The highest BCUT2D eigenvalue weighted by molar-refractivity contribution is 5.59. The van der Waals surface area contributed by atoms with Crippen molar-refractivity contribution in [3.63, 3.8) is 0 Å².